The minimum Gasteiger partial charge on any atom is -0.478 e. The monoisotopic (exact) mass is 242 g/mol. The maximum atomic E-state index is 9.60. The van der Waals surface area contributed by atoms with Crippen LogP contribution >= 0.6 is 0 Å². The Morgan fingerprint density at radius 1 is 1.24 bits per heavy atom. The first kappa shape index (κ1) is 16.1. The lowest BCUT2D eigenvalue weighted by Crippen LogP contribution is -2.66. The van der Waals surface area contributed by atoms with Crippen LogP contribution in [0.3, 0.4) is 0 Å². The first-order valence-electron chi connectivity index (χ1n) is 5.84. The van der Waals surface area contributed by atoms with E-state index in [0.29, 0.717) is 11.1 Å². The normalized spacial score (nSPS) is 22.2. The number of nitrogens with zero attached hydrogens (tertiary/aromatic N) is 1. The Balaban J connectivity index is 0.000000366. The van der Waals surface area contributed by atoms with Gasteiger partial charge in [-0.15, -0.1) is 0 Å². The highest BCUT2D eigenvalue weighted by Crippen LogP contribution is 2.25. The van der Waals surface area contributed by atoms with Crippen molar-refractivity contribution in [3.63, 3.8) is 0 Å². The molecule has 0 amide bonds. The number of nitrogens with one attached hydrogen (secondary N) is 1. The van der Waals surface area contributed by atoms with Crippen LogP contribution in [0.25, 0.3) is 0 Å². The van der Waals surface area contributed by atoms with Crippen molar-refractivity contribution in [1.82, 2.24) is 10.2 Å². The van der Waals surface area contributed by atoms with Crippen molar-refractivity contribution in [2.75, 3.05) is 20.1 Å². The van der Waals surface area contributed by atoms with Crippen molar-refractivity contribution in [2.45, 2.75) is 45.7 Å². The number of likely N-dealkylation sites (N-methyl/N-ethyl adjacent to an activating group) is 1. The van der Waals surface area contributed by atoms with E-state index in [0.717, 1.165) is 13.1 Å². The van der Waals surface area contributed by atoms with Crippen molar-refractivity contribution >= 4 is 5.97 Å². The Kier molecular flexibility index (Phi) is 5.36. The molecular weight excluding hydrogens is 216 g/mol. The summed E-state index contributed by atoms with van der Waals surface area (Å²) in [4.78, 5) is 12.1. The number of carbonyl (C=O) groups is 1. The van der Waals surface area contributed by atoms with Gasteiger partial charge in [-0.3, -0.25) is 4.90 Å². The van der Waals surface area contributed by atoms with Crippen LogP contribution in [-0.4, -0.2) is 47.2 Å². The van der Waals surface area contributed by atoms with Gasteiger partial charge in [0.25, 0.3) is 0 Å². The van der Waals surface area contributed by atoms with Gasteiger partial charge < -0.3 is 10.4 Å². The molecule has 0 atom stereocenters. The highest BCUT2D eigenvalue weighted by atomic mass is 16.4. The van der Waals surface area contributed by atoms with E-state index in [1.807, 2.05) is 0 Å². The average Bonchev–Trinajstić information content (AvgIpc) is 2.14. The van der Waals surface area contributed by atoms with Gasteiger partial charge in [0.15, 0.2) is 0 Å². The third kappa shape index (κ3) is 4.88. The fourth-order valence-corrected chi connectivity index (χ4v) is 1.73. The predicted molar refractivity (Wildman–Crippen MR) is 71.2 cm³/mol. The van der Waals surface area contributed by atoms with Gasteiger partial charge in [-0.2, -0.15) is 0 Å². The molecule has 0 aliphatic carbocycles. The van der Waals surface area contributed by atoms with Gasteiger partial charge in [0, 0.05) is 29.7 Å². The quantitative estimate of drug-likeness (QED) is 0.688. The Labute approximate surface area is 105 Å². The van der Waals surface area contributed by atoms with Crippen LogP contribution in [0.4, 0.5) is 0 Å². The van der Waals surface area contributed by atoms with Gasteiger partial charge >= 0.3 is 5.97 Å². The smallest absolute Gasteiger partial charge is 0.330 e. The summed E-state index contributed by atoms with van der Waals surface area (Å²) in [6.45, 7) is 15.9. The standard InChI is InChI=1S/C9H20N2.C4H6O2/c1-8(2)6-10-7-9(3,4)11(8)5;1-3(2)4(5)6/h10H,6-7H2,1-5H3;1H2,2H3,(H,5,6). The second kappa shape index (κ2) is 5.65. The summed E-state index contributed by atoms with van der Waals surface area (Å²) in [5, 5.41) is 11.3. The minimum atomic E-state index is -0.935. The summed E-state index contributed by atoms with van der Waals surface area (Å²) < 4.78 is 0. The van der Waals surface area contributed by atoms with Gasteiger partial charge in [0.05, 0.1) is 0 Å². The van der Waals surface area contributed by atoms with Crippen LogP contribution in [0.1, 0.15) is 34.6 Å². The molecule has 1 aliphatic heterocycles. The van der Waals surface area contributed by atoms with Gasteiger partial charge in [-0.1, -0.05) is 6.58 Å². The van der Waals surface area contributed by atoms with E-state index in [1.54, 1.807) is 0 Å². The third-order valence-corrected chi connectivity index (χ3v) is 3.30. The molecule has 1 fully saturated rings. The molecule has 2 N–H and O–H groups in total. The second-order valence-electron chi connectivity index (χ2n) is 5.87. The summed E-state index contributed by atoms with van der Waals surface area (Å²) in [6.07, 6.45) is 0. The van der Waals surface area contributed by atoms with Crippen LogP contribution in [0.15, 0.2) is 12.2 Å². The highest BCUT2D eigenvalue weighted by molar-refractivity contribution is 5.84. The second-order valence-corrected chi connectivity index (χ2v) is 5.87. The van der Waals surface area contributed by atoms with Crippen molar-refractivity contribution in [3.05, 3.63) is 12.2 Å². The Bertz CT molecular complexity index is 268. The SMILES string of the molecule is C=C(C)C(=O)O.CN1C(C)(C)CNCC1(C)C. The summed E-state index contributed by atoms with van der Waals surface area (Å²) in [5.41, 5.74) is 0.763. The van der Waals surface area contributed by atoms with E-state index in [4.69, 9.17) is 5.11 Å². The number of carboxylic acids is 1. The Morgan fingerprint density at radius 3 is 1.71 bits per heavy atom. The maximum absolute atomic E-state index is 9.60. The minimum absolute atomic E-state index is 0.176. The van der Waals surface area contributed by atoms with E-state index >= 15 is 0 Å². The number of hydrogen-bond acceptors (Lipinski definition) is 3. The Hall–Kier alpha value is -0.870. The average molecular weight is 242 g/mol. The lowest BCUT2D eigenvalue weighted by molar-refractivity contribution is -0.132. The molecule has 0 spiro atoms. The fourth-order valence-electron chi connectivity index (χ4n) is 1.73. The zero-order valence-electron chi connectivity index (χ0n) is 11.9. The van der Waals surface area contributed by atoms with Crippen LogP contribution in [0.5, 0.6) is 0 Å². The van der Waals surface area contributed by atoms with Gasteiger partial charge in [0.2, 0.25) is 0 Å². The molecule has 1 saturated heterocycles. The molecule has 1 aliphatic rings. The number of carboxylic acid groups (broad SMARTS) is 1. The zero-order chi connectivity index (χ0) is 13.9. The molecule has 0 aromatic heterocycles. The lowest BCUT2D eigenvalue weighted by Gasteiger charge is -2.51. The maximum Gasteiger partial charge on any atom is 0.330 e. The molecule has 1 heterocycles. The van der Waals surface area contributed by atoms with E-state index in [9.17, 15) is 4.79 Å². The van der Waals surface area contributed by atoms with Crippen molar-refractivity contribution < 1.29 is 9.90 Å². The van der Waals surface area contributed by atoms with Crippen molar-refractivity contribution in [2.24, 2.45) is 0 Å². The molecule has 17 heavy (non-hydrogen) atoms. The molecule has 4 nitrogen and oxygen atoms in total. The molecule has 1 rings (SSSR count). The third-order valence-electron chi connectivity index (χ3n) is 3.30. The summed E-state index contributed by atoms with van der Waals surface area (Å²) in [7, 11) is 2.21. The first-order valence-corrected chi connectivity index (χ1v) is 5.84. The first-order chi connectivity index (χ1) is 7.50. The molecule has 0 aromatic rings. The molecule has 4 heteroatoms. The fraction of sp³-hybridized carbons (Fsp3) is 0.769. The molecule has 0 saturated carbocycles. The van der Waals surface area contributed by atoms with Crippen LogP contribution in [0, 0.1) is 0 Å². The number of aliphatic carboxylic acids is 1. The predicted octanol–water partition coefficient (Wildman–Crippen LogP) is 1.73. The van der Waals surface area contributed by atoms with Crippen LogP contribution in [0.2, 0.25) is 0 Å². The van der Waals surface area contributed by atoms with E-state index in [2.05, 4.69) is 51.5 Å². The molecule has 0 radical (unpaired) electrons. The van der Waals surface area contributed by atoms with E-state index in [-0.39, 0.29) is 5.57 Å². The summed E-state index contributed by atoms with van der Waals surface area (Å²) in [6, 6.07) is 0. The van der Waals surface area contributed by atoms with E-state index in [1.165, 1.54) is 6.92 Å². The van der Waals surface area contributed by atoms with Gasteiger partial charge in [-0.25, -0.2) is 4.79 Å². The van der Waals surface area contributed by atoms with Crippen molar-refractivity contribution in [1.29, 1.82) is 0 Å². The summed E-state index contributed by atoms with van der Waals surface area (Å²) in [5.74, 6) is -0.935. The Morgan fingerprint density at radius 2 is 1.53 bits per heavy atom. The lowest BCUT2D eigenvalue weighted by atomic mass is 9.90. The zero-order valence-corrected chi connectivity index (χ0v) is 11.9. The molecule has 0 aromatic carbocycles. The van der Waals surface area contributed by atoms with Crippen LogP contribution in [-0.2, 0) is 4.79 Å². The number of hydrogen-bond donors (Lipinski definition) is 2. The largest absolute Gasteiger partial charge is 0.478 e. The van der Waals surface area contributed by atoms with E-state index < -0.39 is 5.97 Å². The number of rotatable bonds is 1. The molecule has 100 valence electrons. The number of piperazine rings is 1. The summed E-state index contributed by atoms with van der Waals surface area (Å²) >= 11 is 0. The van der Waals surface area contributed by atoms with Gasteiger partial charge in [-0.05, 0) is 41.7 Å². The van der Waals surface area contributed by atoms with Crippen LogP contribution < -0.4 is 5.32 Å². The molecule has 0 bridgehead atoms. The highest BCUT2D eigenvalue weighted by Gasteiger charge is 2.38. The van der Waals surface area contributed by atoms with Crippen molar-refractivity contribution in [3.8, 4) is 0 Å². The molecular formula is C13H26N2O2. The topological polar surface area (TPSA) is 52.6 Å². The molecule has 0 unspecified atom stereocenters. The van der Waals surface area contributed by atoms with Gasteiger partial charge in [0.1, 0.15) is 0 Å².